The van der Waals surface area contributed by atoms with Gasteiger partial charge in [0.1, 0.15) is 5.69 Å². The lowest BCUT2D eigenvalue weighted by Crippen LogP contribution is -2.38. The molecule has 8 nitrogen and oxygen atoms in total. The maximum atomic E-state index is 13.7. The second-order valence-electron chi connectivity index (χ2n) is 9.30. The van der Waals surface area contributed by atoms with Crippen molar-refractivity contribution in [1.82, 2.24) is 25.2 Å². The van der Waals surface area contributed by atoms with E-state index in [-0.39, 0.29) is 48.5 Å². The van der Waals surface area contributed by atoms with Gasteiger partial charge >= 0.3 is 12.4 Å². The van der Waals surface area contributed by atoms with Crippen LogP contribution < -0.4 is 4.90 Å². The van der Waals surface area contributed by atoms with Crippen LogP contribution in [0.2, 0.25) is 5.02 Å². The fourth-order valence-electron chi connectivity index (χ4n) is 4.54. The van der Waals surface area contributed by atoms with Gasteiger partial charge in [0.2, 0.25) is 5.78 Å². The topological polar surface area (TPSA) is 88.9 Å². The molecule has 41 heavy (non-hydrogen) atoms. The number of hydrogen-bond donors (Lipinski definition) is 1. The summed E-state index contributed by atoms with van der Waals surface area (Å²) in [7, 11) is 0. The summed E-state index contributed by atoms with van der Waals surface area (Å²) in [5.41, 5.74) is -2.00. The number of H-pyrrole nitrogens is 1. The lowest BCUT2D eigenvalue weighted by molar-refractivity contribution is -0.143. The minimum absolute atomic E-state index is 0.0570. The normalized spacial score (nSPS) is 14.5. The van der Waals surface area contributed by atoms with Crippen molar-refractivity contribution in [3.05, 3.63) is 92.9 Å². The number of aromatic amines is 1. The highest BCUT2D eigenvalue weighted by atomic mass is 35.5. The van der Waals surface area contributed by atoms with Gasteiger partial charge < -0.3 is 9.64 Å². The van der Waals surface area contributed by atoms with Crippen LogP contribution in [0.1, 0.15) is 44.0 Å². The first-order valence-corrected chi connectivity index (χ1v) is 12.6. The third-order valence-electron chi connectivity index (χ3n) is 6.50. The number of hydrogen-bond acceptors (Lipinski definition) is 6. The zero-order valence-corrected chi connectivity index (χ0v) is 21.8. The molecule has 0 unspecified atom stereocenters. The zero-order valence-electron chi connectivity index (χ0n) is 21.1. The molecule has 0 radical (unpaired) electrons. The first kappa shape index (κ1) is 28.6. The molecule has 15 heteroatoms. The molecule has 0 spiro atoms. The van der Waals surface area contributed by atoms with Gasteiger partial charge in [-0.25, -0.2) is 4.68 Å². The highest BCUT2D eigenvalue weighted by molar-refractivity contribution is 6.31. The molecule has 0 amide bonds. The van der Waals surface area contributed by atoms with Gasteiger partial charge in [-0.3, -0.25) is 9.89 Å². The van der Waals surface area contributed by atoms with Crippen molar-refractivity contribution < 1.29 is 35.9 Å². The van der Waals surface area contributed by atoms with Gasteiger partial charge in [-0.2, -0.15) is 31.4 Å². The summed E-state index contributed by atoms with van der Waals surface area (Å²) in [6.07, 6.45) is -8.28. The Bertz CT molecular complexity index is 1530. The summed E-state index contributed by atoms with van der Waals surface area (Å²) >= 11 is 6.28. The first-order valence-electron chi connectivity index (χ1n) is 12.3. The Morgan fingerprint density at radius 3 is 2.27 bits per heavy atom. The smallest absolute Gasteiger partial charge is 0.378 e. The quantitative estimate of drug-likeness (QED) is 0.226. The molecule has 2 aromatic heterocycles. The fraction of sp³-hybridized carbons (Fsp3) is 0.308. The van der Waals surface area contributed by atoms with Crippen molar-refractivity contribution in [2.75, 3.05) is 31.2 Å². The second kappa shape index (κ2) is 11.2. The van der Waals surface area contributed by atoms with Crippen LogP contribution in [0.15, 0.2) is 48.7 Å². The molecule has 1 aliphatic heterocycles. The summed E-state index contributed by atoms with van der Waals surface area (Å²) in [5, 5.41) is 15.1. The van der Waals surface area contributed by atoms with Gasteiger partial charge in [0.25, 0.3) is 0 Å². The van der Waals surface area contributed by atoms with Crippen LogP contribution in [-0.4, -0.2) is 57.3 Å². The number of halogens is 7. The number of nitrogens with one attached hydrogen (secondary N) is 1. The van der Waals surface area contributed by atoms with E-state index in [9.17, 15) is 31.1 Å². The third-order valence-corrected chi connectivity index (χ3v) is 6.87. The number of ether oxygens (including phenoxy) is 1. The third kappa shape index (κ3) is 6.22. The molecule has 2 aromatic carbocycles. The van der Waals surface area contributed by atoms with E-state index in [0.717, 1.165) is 10.2 Å². The number of carbonyl (C=O) groups is 1. The zero-order chi connectivity index (χ0) is 29.4. The number of aromatic nitrogens is 5. The van der Waals surface area contributed by atoms with E-state index in [1.54, 1.807) is 29.2 Å². The molecule has 216 valence electrons. The van der Waals surface area contributed by atoms with Gasteiger partial charge in [0, 0.05) is 30.1 Å². The first-order chi connectivity index (χ1) is 19.4. The molecule has 0 saturated carbocycles. The van der Waals surface area contributed by atoms with E-state index >= 15 is 0 Å². The van der Waals surface area contributed by atoms with Crippen LogP contribution in [0.3, 0.4) is 0 Å². The highest BCUT2D eigenvalue weighted by Gasteiger charge is 2.37. The van der Waals surface area contributed by atoms with Crippen LogP contribution in [0.5, 0.6) is 0 Å². The van der Waals surface area contributed by atoms with E-state index in [0.29, 0.717) is 35.8 Å². The molecule has 1 aliphatic rings. The molecular weight excluding hydrogens is 578 g/mol. The molecular formula is C26H21ClF6N6O2. The highest BCUT2D eigenvalue weighted by Crippen LogP contribution is 2.37. The van der Waals surface area contributed by atoms with Crippen LogP contribution >= 0.6 is 11.6 Å². The number of nitrogens with zero attached hydrogens (tertiary/aromatic N) is 5. The lowest BCUT2D eigenvalue weighted by Gasteiger charge is -2.29. The molecule has 1 saturated heterocycles. The van der Waals surface area contributed by atoms with Gasteiger partial charge in [-0.1, -0.05) is 35.0 Å². The SMILES string of the molecule is O=C(c1nnn(Cc2cc(C(F)(F)F)cc(C(F)(F)F)c2)c1N1CCOCC1)c1[nH]ncc1Cc1ccccc1Cl. The molecule has 1 fully saturated rings. The Hall–Kier alpha value is -3.91. The predicted molar refractivity (Wildman–Crippen MR) is 135 cm³/mol. The minimum Gasteiger partial charge on any atom is -0.378 e. The van der Waals surface area contributed by atoms with Crippen molar-refractivity contribution in [3.8, 4) is 0 Å². The second-order valence-corrected chi connectivity index (χ2v) is 9.71. The van der Waals surface area contributed by atoms with Crippen molar-refractivity contribution in [1.29, 1.82) is 0 Å². The van der Waals surface area contributed by atoms with E-state index in [1.807, 2.05) is 0 Å². The van der Waals surface area contributed by atoms with Crippen LogP contribution in [0.4, 0.5) is 32.2 Å². The summed E-state index contributed by atoms with van der Waals surface area (Å²) in [6, 6.07) is 8.37. The number of carbonyl (C=O) groups excluding carboxylic acids is 1. The Labute approximate surface area is 233 Å². The Balaban J connectivity index is 1.54. The monoisotopic (exact) mass is 598 g/mol. The largest absolute Gasteiger partial charge is 0.416 e. The number of rotatable bonds is 7. The average Bonchev–Trinajstić information content (AvgIpc) is 3.56. The lowest BCUT2D eigenvalue weighted by atomic mass is 10.0. The Morgan fingerprint density at radius 1 is 0.976 bits per heavy atom. The van der Waals surface area contributed by atoms with Crippen LogP contribution in [0, 0.1) is 0 Å². The van der Waals surface area contributed by atoms with Gasteiger partial charge in [-0.15, -0.1) is 5.10 Å². The maximum absolute atomic E-state index is 13.7. The van der Waals surface area contributed by atoms with E-state index in [1.165, 1.54) is 6.20 Å². The van der Waals surface area contributed by atoms with E-state index in [4.69, 9.17) is 16.3 Å². The van der Waals surface area contributed by atoms with Gasteiger partial charge in [0.05, 0.1) is 37.1 Å². The molecule has 1 N–H and O–H groups in total. The van der Waals surface area contributed by atoms with Crippen molar-refractivity contribution in [3.63, 3.8) is 0 Å². The molecule has 3 heterocycles. The average molecular weight is 599 g/mol. The minimum atomic E-state index is -5.01. The summed E-state index contributed by atoms with van der Waals surface area (Å²) in [5.74, 6) is -0.458. The molecule has 5 rings (SSSR count). The standard InChI is InChI=1S/C26H21ClF6N6O2/c27-20-4-2-1-3-16(20)11-17-13-34-35-21(17)23(40)22-24(38-5-7-41-8-6-38)39(37-36-22)14-15-9-18(25(28,29)30)12-19(10-15)26(31,32)33/h1-4,9-10,12-13H,5-8,11,14H2,(H,34,35). The van der Waals surface area contributed by atoms with Gasteiger partial charge in [-0.05, 0) is 35.4 Å². The predicted octanol–water partition coefficient (Wildman–Crippen LogP) is 5.40. The molecule has 4 aromatic rings. The van der Waals surface area contributed by atoms with E-state index < -0.39 is 35.8 Å². The Morgan fingerprint density at radius 2 is 1.63 bits per heavy atom. The molecule has 0 bridgehead atoms. The van der Waals surface area contributed by atoms with Crippen LogP contribution in [-0.2, 0) is 30.1 Å². The van der Waals surface area contributed by atoms with Gasteiger partial charge in [0.15, 0.2) is 11.5 Å². The number of benzene rings is 2. The summed E-state index contributed by atoms with van der Waals surface area (Å²) in [4.78, 5) is 15.4. The number of ketones is 1. The fourth-order valence-corrected chi connectivity index (χ4v) is 4.74. The summed E-state index contributed by atoms with van der Waals surface area (Å²) in [6.45, 7) is 0.638. The molecule has 0 aliphatic carbocycles. The Kier molecular flexibility index (Phi) is 7.79. The van der Waals surface area contributed by atoms with Crippen LogP contribution in [0.25, 0.3) is 0 Å². The number of morpholine rings is 1. The molecule has 0 atom stereocenters. The summed E-state index contributed by atoms with van der Waals surface area (Å²) < 4.78 is 87.2. The van der Waals surface area contributed by atoms with Crippen molar-refractivity contribution in [2.24, 2.45) is 0 Å². The van der Waals surface area contributed by atoms with Crippen molar-refractivity contribution >= 4 is 23.2 Å². The number of anilines is 1. The maximum Gasteiger partial charge on any atom is 0.416 e. The number of alkyl halides is 6. The van der Waals surface area contributed by atoms with E-state index in [2.05, 4.69) is 20.5 Å². The van der Waals surface area contributed by atoms with Crippen molar-refractivity contribution in [2.45, 2.75) is 25.3 Å².